The maximum Gasteiger partial charge on any atom is 0.152 e. The molecule has 0 radical (unpaired) electrons. The molecule has 2 nitrogen and oxygen atoms in total. The highest BCUT2D eigenvalue weighted by Gasteiger charge is 2.22. The highest BCUT2D eigenvalue weighted by molar-refractivity contribution is 7.80. The van der Waals surface area contributed by atoms with E-state index in [9.17, 15) is 4.21 Å². The van der Waals surface area contributed by atoms with E-state index in [1.807, 2.05) is 0 Å². The molecular formula is C27H48O2S2. The van der Waals surface area contributed by atoms with Gasteiger partial charge in [0.2, 0.25) is 0 Å². The second-order valence-electron chi connectivity index (χ2n) is 9.14. The molecule has 0 aliphatic carbocycles. The van der Waals surface area contributed by atoms with E-state index in [0.29, 0.717) is 11.7 Å². The SMILES string of the molecule is CCCCCCC(c1ccccc1)C(CCCS)CCCCCCCCCCS(=O)O. The molecule has 0 aliphatic heterocycles. The maximum atomic E-state index is 10.7. The lowest BCUT2D eigenvalue weighted by Gasteiger charge is -2.28. The Morgan fingerprint density at radius 3 is 1.94 bits per heavy atom. The minimum Gasteiger partial charge on any atom is -0.306 e. The summed E-state index contributed by atoms with van der Waals surface area (Å²) >= 11 is 2.89. The van der Waals surface area contributed by atoms with Crippen LogP contribution >= 0.6 is 12.6 Å². The molecule has 180 valence electrons. The number of unbranched alkanes of at least 4 members (excludes halogenated alkanes) is 10. The van der Waals surface area contributed by atoms with Crippen LogP contribution < -0.4 is 0 Å². The highest BCUT2D eigenvalue weighted by atomic mass is 32.2. The molecule has 3 atom stereocenters. The van der Waals surface area contributed by atoms with Crippen LogP contribution in [0.3, 0.4) is 0 Å². The lowest BCUT2D eigenvalue weighted by Crippen LogP contribution is -2.14. The molecule has 1 N–H and O–H groups in total. The molecule has 1 aromatic carbocycles. The van der Waals surface area contributed by atoms with E-state index in [0.717, 1.165) is 24.5 Å². The molecule has 4 heteroatoms. The zero-order valence-electron chi connectivity index (χ0n) is 20.0. The Morgan fingerprint density at radius 1 is 0.774 bits per heavy atom. The first-order valence-electron chi connectivity index (χ1n) is 12.9. The summed E-state index contributed by atoms with van der Waals surface area (Å²) in [6.07, 6.45) is 20.4. The fourth-order valence-electron chi connectivity index (χ4n) is 4.76. The van der Waals surface area contributed by atoms with Crippen LogP contribution in [0, 0.1) is 5.92 Å². The fraction of sp³-hybridized carbons (Fsp3) is 0.778. The van der Waals surface area contributed by atoms with E-state index in [2.05, 4.69) is 49.9 Å². The van der Waals surface area contributed by atoms with E-state index in [1.54, 1.807) is 5.56 Å². The average Bonchev–Trinajstić information content (AvgIpc) is 2.78. The largest absolute Gasteiger partial charge is 0.306 e. The summed E-state index contributed by atoms with van der Waals surface area (Å²) in [6, 6.07) is 11.3. The minimum atomic E-state index is -1.61. The zero-order valence-corrected chi connectivity index (χ0v) is 21.7. The molecule has 0 fully saturated rings. The Bertz CT molecular complexity index is 535. The Kier molecular flexibility index (Phi) is 18.8. The molecule has 0 saturated heterocycles. The van der Waals surface area contributed by atoms with Crippen molar-refractivity contribution >= 4 is 23.7 Å². The predicted octanol–water partition coefficient (Wildman–Crippen LogP) is 8.80. The first kappa shape index (κ1) is 28.7. The van der Waals surface area contributed by atoms with Crippen molar-refractivity contribution in [2.24, 2.45) is 5.92 Å². The summed E-state index contributed by atoms with van der Waals surface area (Å²) in [5, 5.41) is 0. The highest BCUT2D eigenvalue weighted by Crippen LogP contribution is 2.36. The van der Waals surface area contributed by atoms with Gasteiger partial charge in [0, 0.05) is 5.75 Å². The molecule has 0 saturated carbocycles. The Morgan fingerprint density at radius 2 is 1.32 bits per heavy atom. The van der Waals surface area contributed by atoms with Gasteiger partial charge < -0.3 is 4.55 Å². The molecule has 0 aliphatic rings. The van der Waals surface area contributed by atoms with Crippen molar-refractivity contribution in [3.63, 3.8) is 0 Å². The lowest BCUT2D eigenvalue weighted by molar-refractivity contribution is 0.330. The molecule has 1 rings (SSSR count). The van der Waals surface area contributed by atoms with Gasteiger partial charge in [0.15, 0.2) is 11.1 Å². The third kappa shape index (κ3) is 15.2. The molecular weight excluding hydrogens is 420 g/mol. The predicted molar refractivity (Wildman–Crippen MR) is 142 cm³/mol. The van der Waals surface area contributed by atoms with Crippen molar-refractivity contribution in [3.05, 3.63) is 35.9 Å². The van der Waals surface area contributed by atoms with Gasteiger partial charge in [-0.1, -0.05) is 108 Å². The third-order valence-electron chi connectivity index (χ3n) is 6.54. The summed E-state index contributed by atoms with van der Waals surface area (Å²) < 4.78 is 19.5. The van der Waals surface area contributed by atoms with Crippen molar-refractivity contribution in [3.8, 4) is 0 Å². The number of hydrogen-bond donors (Lipinski definition) is 2. The van der Waals surface area contributed by atoms with Crippen LogP contribution in [0.25, 0.3) is 0 Å². The van der Waals surface area contributed by atoms with Crippen molar-refractivity contribution in [2.75, 3.05) is 11.5 Å². The smallest absolute Gasteiger partial charge is 0.152 e. The van der Waals surface area contributed by atoms with Crippen LogP contribution in [0.2, 0.25) is 0 Å². The van der Waals surface area contributed by atoms with Gasteiger partial charge >= 0.3 is 0 Å². The quantitative estimate of drug-likeness (QED) is 0.107. The standard InChI is InChI=1S/C27H48O2S2/c1-2-3-4-15-22-27(25-19-13-11-14-20-25)26(21-17-23-30)18-12-9-7-5-6-8-10-16-24-31(28)29/h11,13-14,19-20,26-27,30H,2-10,12,15-18,21-24H2,1H3,(H,28,29). The summed E-state index contributed by atoms with van der Waals surface area (Å²) in [6.45, 7) is 2.29. The van der Waals surface area contributed by atoms with E-state index >= 15 is 0 Å². The molecule has 0 spiro atoms. The van der Waals surface area contributed by atoms with Crippen LogP contribution in [0.1, 0.15) is 121 Å². The van der Waals surface area contributed by atoms with Gasteiger partial charge in [-0.2, -0.15) is 12.6 Å². The molecule has 0 heterocycles. The van der Waals surface area contributed by atoms with Crippen molar-refractivity contribution < 1.29 is 8.76 Å². The van der Waals surface area contributed by atoms with E-state index in [4.69, 9.17) is 4.55 Å². The Labute approximate surface area is 201 Å². The number of thiol groups is 1. The average molecular weight is 469 g/mol. The van der Waals surface area contributed by atoms with Crippen LogP contribution in [0.15, 0.2) is 30.3 Å². The topological polar surface area (TPSA) is 37.3 Å². The van der Waals surface area contributed by atoms with Crippen LogP contribution in [0.5, 0.6) is 0 Å². The zero-order chi connectivity index (χ0) is 22.6. The van der Waals surface area contributed by atoms with Gasteiger partial charge in [0.25, 0.3) is 0 Å². The fourth-order valence-corrected chi connectivity index (χ4v) is 5.39. The van der Waals surface area contributed by atoms with Gasteiger partial charge in [-0.05, 0) is 55.3 Å². The second kappa shape index (κ2) is 20.3. The Hall–Kier alpha value is -0.320. The van der Waals surface area contributed by atoms with Crippen LogP contribution in [-0.4, -0.2) is 20.3 Å². The van der Waals surface area contributed by atoms with Gasteiger partial charge in [-0.25, -0.2) is 4.21 Å². The number of hydrogen-bond acceptors (Lipinski definition) is 2. The van der Waals surface area contributed by atoms with Gasteiger partial charge in [-0.3, -0.25) is 0 Å². The summed E-state index contributed by atoms with van der Waals surface area (Å²) in [5.74, 6) is 2.93. The molecule has 1 aromatic rings. The van der Waals surface area contributed by atoms with Crippen molar-refractivity contribution in [1.29, 1.82) is 0 Å². The van der Waals surface area contributed by atoms with E-state index < -0.39 is 11.1 Å². The van der Waals surface area contributed by atoms with Gasteiger partial charge in [0.05, 0.1) is 0 Å². The second-order valence-corrected chi connectivity index (χ2v) is 10.6. The molecule has 3 unspecified atom stereocenters. The number of benzene rings is 1. The molecule has 0 amide bonds. The normalized spacial score (nSPS) is 14.4. The number of rotatable bonds is 21. The lowest BCUT2D eigenvalue weighted by atomic mass is 9.77. The van der Waals surface area contributed by atoms with Crippen molar-refractivity contribution in [1.82, 2.24) is 0 Å². The van der Waals surface area contributed by atoms with Crippen molar-refractivity contribution in [2.45, 2.75) is 116 Å². The van der Waals surface area contributed by atoms with Gasteiger partial charge in [-0.15, -0.1) is 0 Å². The first-order chi connectivity index (χ1) is 15.2. The van der Waals surface area contributed by atoms with E-state index in [-0.39, 0.29) is 0 Å². The third-order valence-corrected chi connectivity index (χ3v) is 7.50. The maximum absolute atomic E-state index is 10.7. The minimum absolute atomic E-state index is 0.439. The first-order valence-corrected chi connectivity index (χ1v) is 14.8. The molecule has 31 heavy (non-hydrogen) atoms. The van der Waals surface area contributed by atoms with Crippen LogP contribution in [-0.2, 0) is 11.1 Å². The molecule has 0 bridgehead atoms. The molecule has 0 aromatic heterocycles. The summed E-state index contributed by atoms with van der Waals surface area (Å²) in [4.78, 5) is 0. The van der Waals surface area contributed by atoms with E-state index in [1.165, 1.54) is 89.9 Å². The summed E-state index contributed by atoms with van der Waals surface area (Å²) in [5.41, 5.74) is 1.55. The van der Waals surface area contributed by atoms with Crippen LogP contribution in [0.4, 0.5) is 0 Å². The van der Waals surface area contributed by atoms with Gasteiger partial charge in [0.1, 0.15) is 0 Å². The monoisotopic (exact) mass is 468 g/mol. The summed E-state index contributed by atoms with van der Waals surface area (Å²) in [7, 11) is 0. The Balaban J connectivity index is 2.41.